The van der Waals surface area contributed by atoms with Crippen molar-refractivity contribution in [3.8, 4) is 11.4 Å². The molecule has 0 bridgehead atoms. The summed E-state index contributed by atoms with van der Waals surface area (Å²) in [6, 6.07) is 6.01. The number of aromatic nitrogens is 2. The molecule has 3 unspecified atom stereocenters. The number of piperidine rings is 1. The predicted octanol–water partition coefficient (Wildman–Crippen LogP) is 2.28. The highest BCUT2D eigenvalue weighted by Gasteiger charge is 2.47. The molecule has 4 rings (SSSR count). The maximum absolute atomic E-state index is 13.0. The van der Waals surface area contributed by atoms with Crippen LogP contribution in [0.1, 0.15) is 18.4 Å². The highest BCUT2D eigenvalue weighted by Crippen LogP contribution is 2.40. The van der Waals surface area contributed by atoms with E-state index in [4.69, 9.17) is 0 Å². The third-order valence-corrected chi connectivity index (χ3v) is 4.56. The van der Waals surface area contributed by atoms with Crippen molar-refractivity contribution >= 4 is 11.6 Å². The molecule has 1 saturated carbocycles. The van der Waals surface area contributed by atoms with E-state index >= 15 is 0 Å². The lowest BCUT2D eigenvalue weighted by molar-refractivity contribution is -0.118. The number of nitrogens with zero attached hydrogens (tertiary/aromatic N) is 2. The Labute approximate surface area is 133 Å². The second-order valence-electron chi connectivity index (χ2n) is 6.30. The molecule has 1 aromatic carbocycles. The van der Waals surface area contributed by atoms with Crippen molar-refractivity contribution in [2.24, 2.45) is 5.92 Å². The highest BCUT2D eigenvalue weighted by molar-refractivity contribution is 5.95. The van der Waals surface area contributed by atoms with Crippen molar-refractivity contribution in [2.75, 3.05) is 5.32 Å². The zero-order valence-corrected chi connectivity index (χ0v) is 12.7. The molecule has 1 aromatic heterocycles. The molecule has 1 saturated heterocycles. The number of anilines is 1. The van der Waals surface area contributed by atoms with Gasteiger partial charge in [-0.05, 0) is 43.4 Å². The number of benzene rings is 1. The van der Waals surface area contributed by atoms with Crippen molar-refractivity contribution in [3.05, 3.63) is 42.0 Å². The molecule has 1 amide bonds. The second kappa shape index (κ2) is 5.38. The number of carbonyl (C=O) groups is 1. The molecule has 2 fully saturated rings. The minimum absolute atomic E-state index is 0.00738. The van der Waals surface area contributed by atoms with Gasteiger partial charge in [-0.2, -0.15) is 0 Å². The first-order valence-corrected chi connectivity index (χ1v) is 7.75. The van der Waals surface area contributed by atoms with E-state index in [1.165, 1.54) is 6.42 Å². The van der Waals surface area contributed by atoms with Crippen molar-refractivity contribution in [1.82, 2.24) is 15.3 Å². The van der Waals surface area contributed by atoms with Gasteiger partial charge in [-0.25, -0.2) is 14.4 Å². The number of amides is 1. The molecule has 5 nitrogen and oxygen atoms in total. The number of carbonyl (C=O) groups excluding carboxylic acids is 1. The average Bonchev–Trinajstić information content (AvgIpc) is 3.16. The van der Waals surface area contributed by atoms with Crippen LogP contribution in [0.25, 0.3) is 11.4 Å². The average molecular weight is 312 g/mol. The molecule has 23 heavy (non-hydrogen) atoms. The van der Waals surface area contributed by atoms with E-state index in [9.17, 15) is 9.18 Å². The van der Waals surface area contributed by atoms with Crippen LogP contribution in [0.2, 0.25) is 0 Å². The molecule has 0 radical (unpaired) electrons. The Morgan fingerprint density at radius 1 is 1.30 bits per heavy atom. The van der Waals surface area contributed by atoms with Crippen molar-refractivity contribution in [1.29, 1.82) is 0 Å². The van der Waals surface area contributed by atoms with Crippen LogP contribution in [0.3, 0.4) is 0 Å². The maximum atomic E-state index is 13.0. The Bertz CT molecular complexity index is 752. The lowest BCUT2D eigenvalue weighted by Gasteiger charge is -2.14. The summed E-state index contributed by atoms with van der Waals surface area (Å²) in [5, 5.41) is 6.28. The van der Waals surface area contributed by atoms with E-state index in [0.717, 1.165) is 29.9 Å². The summed E-state index contributed by atoms with van der Waals surface area (Å²) < 4.78 is 13.0. The number of nitrogens with one attached hydrogen (secondary N) is 2. The molecular weight excluding hydrogens is 295 g/mol. The van der Waals surface area contributed by atoms with E-state index in [1.54, 1.807) is 0 Å². The third-order valence-electron chi connectivity index (χ3n) is 4.56. The Hall–Kier alpha value is -2.34. The van der Waals surface area contributed by atoms with E-state index in [0.29, 0.717) is 23.5 Å². The van der Waals surface area contributed by atoms with Crippen LogP contribution in [0.4, 0.5) is 10.1 Å². The number of halogens is 1. The number of hydrogen-bond acceptors (Lipinski definition) is 4. The van der Waals surface area contributed by atoms with Crippen LogP contribution in [0.5, 0.6) is 0 Å². The summed E-state index contributed by atoms with van der Waals surface area (Å²) in [6.07, 6.45) is 4.39. The zero-order chi connectivity index (χ0) is 16.0. The number of rotatable bonds is 3. The smallest absolute Gasteiger partial charge is 0.241 e. The lowest BCUT2D eigenvalue weighted by atomic mass is 10.1. The summed E-state index contributed by atoms with van der Waals surface area (Å²) in [6.45, 7) is 1.93. The summed E-state index contributed by atoms with van der Waals surface area (Å²) in [4.78, 5) is 20.3. The fraction of sp³-hybridized carbons (Fsp3) is 0.353. The topological polar surface area (TPSA) is 66.9 Å². The molecular formula is C17H17FN4O. The van der Waals surface area contributed by atoms with Gasteiger partial charge < -0.3 is 10.6 Å². The minimum atomic E-state index is -0.471. The summed E-state index contributed by atoms with van der Waals surface area (Å²) in [7, 11) is 0. The molecule has 1 aliphatic carbocycles. The maximum Gasteiger partial charge on any atom is 0.241 e. The van der Waals surface area contributed by atoms with Gasteiger partial charge in [-0.15, -0.1) is 0 Å². The third kappa shape index (κ3) is 2.82. The van der Waals surface area contributed by atoms with Crippen molar-refractivity contribution < 1.29 is 9.18 Å². The normalized spacial score (nSPS) is 25.0. The SMILES string of the molecule is Cc1ccc(NC(=O)C2CC3CC3N2)cc1-c1ncc(F)cn1. The van der Waals surface area contributed by atoms with Crippen LogP contribution >= 0.6 is 0 Å². The first kappa shape index (κ1) is 14.3. The van der Waals surface area contributed by atoms with E-state index < -0.39 is 5.82 Å². The summed E-state index contributed by atoms with van der Waals surface area (Å²) >= 11 is 0. The Balaban J connectivity index is 1.54. The fourth-order valence-electron chi connectivity index (χ4n) is 3.15. The fourth-order valence-corrected chi connectivity index (χ4v) is 3.15. The first-order valence-electron chi connectivity index (χ1n) is 7.75. The standard InChI is InChI=1S/C17H17FN4O/c1-9-2-3-12(6-13(9)16-19-7-11(18)8-20-16)21-17(23)15-5-10-4-14(10)22-15/h2-3,6-8,10,14-15,22H,4-5H2,1H3,(H,21,23). The molecule has 2 heterocycles. The van der Waals surface area contributed by atoms with Crippen LogP contribution in [-0.4, -0.2) is 28.0 Å². The van der Waals surface area contributed by atoms with E-state index in [2.05, 4.69) is 20.6 Å². The van der Waals surface area contributed by atoms with Crippen LogP contribution in [-0.2, 0) is 4.79 Å². The molecule has 1 aliphatic heterocycles. The quantitative estimate of drug-likeness (QED) is 0.912. The van der Waals surface area contributed by atoms with Gasteiger partial charge in [0.1, 0.15) is 0 Å². The highest BCUT2D eigenvalue weighted by atomic mass is 19.1. The monoisotopic (exact) mass is 312 g/mol. The molecule has 0 spiro atoms. The first-order chi connectivity index (χ1) is 11.1. The number of fused-ring (bicyclic) bond motifs is 1. The van der Waals surface area contributed by atoms with Crippen molar-refractivity contribution in [2.45, 2.75) is 31.8 Å². The Morgan fingerprint density at radius 2 is 2.09 bits per heavy atom. The number of aryl methyl sites for hydroxylation is 1. The van der Waals surface area contributed by atoms with Gasteiger partial charge in [0.2, 0.25) is 5.91 Å². The molecule has 2 aromatic rings. The van der Waals surface area contributed by atoms with Crippen LogP contribution < -0.4 is 10.6 Å². The van der Waals surface area contributed by atoms with Gasteiger partial charge in [-0.1, -0.05) is 6.07 Å². The van der Waals surface area contributed by atoms with Gasteiger partial charge in [0.25, 0.3) is 0 Å². The van der Waals surface area contributed by atoms with E-state index in [1.807, 2.05) is 25.1 Å². The lowest BCUT2D eigenvalue weighted by Crippen LogP contribution is -2.37. The molecule has 6 heteroatoms. The van der Waals surface area contributed by atoms with E-state index in [-0.39, 0.29) is 11.9 Å². The van der Waals surface area contributed by atoms with Gasteiger partial charge in [0.05, 0.1) is 18.4 Å². The van der Waals surface area contributed by atoms with Gasteiger partial charge in [0.15, 0.2) is 11.6 Å². The van der Waals surface area contributed by atoms with Gasteiger partial charge >= 0.3 is 0 Å². The second-order valence-corrected chi connectivity index (χ2v) is 6.30. The van der Waals surface area contributed by atoms with Crippen molar-refractivity contribution in [3.63, 3.8) is 0 Å². The summed E-state index contributed by atoms with van der Waals surface area (Å²) in [5.74, 6) is 0.640. The molecule has 2 N–H and O–H groups in total. The van der Waals surface area contributed by atoms with Gasteiger partial charge in [-0.3, -0.25) is 4.79 Å². The van der Waals surface area contributed by atoms with Gasteiger partial charge in [0, 0.05) is 17.3 Å². The summed E-state index contributed by atoms with van der Waals surface area (Å²) in [5.41, 5.74) is 2.45. The largest absolute Gasteiger partial charge is 0.325 e. The zero-order valence-electron chi connectivity index (χ0n) is 12.7. The Morgan fingerprint density at radius 3 is 2.78 bits per heavy atom. The molecule has 2 aliphatic rings. The van der Waals surface area contributed by atoms with Crippen LogP contribution in [0, 0.1) is 18.7 Å². The van der Waals surface area contributed by atoms with Crippen LogP contribution in [0.15, 0.2) is 30.6 Å². The number of hydrogen-bond donors (Lipinski definition) is 2. The Kier molecular flexibility index (Phi) is 3.34. The predicted molar refractivity (Wildman–Crippen MR) is 84.2 cm³/mol. The minimum Gasteiger partial charge on any atom is -0.325 e. The molecule has 118 valence electrons. The molecule has 3 atom stereocenters.